The molecular weight excluding hydrogens is 452 g/mol. The molecule has 5 aromatic carbocycles. The van der Waals surface area contributed by atoms with E-state index in [9.17, 15) is 0 Å². The molecule has 176 valence electrons. The number of nitrogen functional groups attached to an aromatic ring is 1. The van der Waals surface area contributed by atoms with E-state index < -0.39 is 0 Å². The van der Waals surface area contributed by atoms with Crippen LogP contribution in [-0.4, -0.2) is 15.0 Å². The van der Waals surface area contributed by atoms with E-state index in [0.717, 1.165) is 38.9 Å². The number of nitrogens with zero attached hydrogens (tertiary/aromatic N) is 3. The second-order valence-corrected chi connectivity index (χ2v) is 8.83. The summed E-state index contributed by atoms with van der Waals surface area (Å²) in [5, 5.41) is 0. The molecule has 6 aromatic rings. The van der Waals surface area contributed by atoms with Crippen LogP contribution in [0.1, 0.15) is 0 Å². The van der Waals surface area contributed by atoms with Crippen LogP contribution in [0.25, 0.3) is 56.4 Å². The quantitative estimate of drug-likeness (QED) is 0.258. The Morgan fingerprint density at radius 3 is 1.11 bits per heavy atom. The molecule has 0 saturated carbocycles. The summed E-state index contributed by atoms with van der Waals surface area (Å²) >= 11 is 0. The van der Waals surface area contributed by atoms with Gasteiger partial charge in [0.2, 0.25) is 0 Å². The average molecular weight is 477 g/mol. The van der Waals surface area contributed by atoms with E-state index in [1.165, 1.54) is 0 Å². The third-order valence-electron chi connectivity index (χ3n) is 6.24. The number of aromatic nitrogens is 3. The van der Waals surface area contributed by atoms with Crippen LogP contribution >= 0.6 is 0 Å². The van der Waals surface area contributed by atoms with Gasteiger partial charge in [0.05, 0.1) is 0 Å². The third-order valence-corrected chi connectivity index (χ3v) is 6.24. The molecule has 37 heavy (non-hydrogen) atoms. The number of hydrogen-bond donors (Lipinski definition) is 1. The Bertz CT molecular complexity index is 1580. The van der Waals surface area contributed by atoms with Gasteiger partial charge in [0.25, 0.3) is 0 Å². The van der Waals surface area contributed by atoms with Crippen molar-refractivity contribution < 1.29 is 0 Å². The van der Waals surface area contributed by atoms with Gasteiger partial charge in [0.1, 0.15) is 0 Å². The van der Waals surface area contributed by atoms with Crippen LogP contribution in [-0.2, 0) is 0 Å². The SMILES string of the molecule is Nc1cccc(-c2nc(-c3cccc(-c4ccccc4)c3)nc(-c3cccc(-c4ccccc4)c3)n2)c1. The van der Waals surface area contributed by atoms with E-state index in [2.05, 4.69) is 48.5 Å². The van der Waals surface area contributed by atoms with Crippen molar-refractivity contribution in [3.8, 4) is 56.4 Å². The lowest BCUT2D eigenvalue weighted by Gasteiger charge is -2.11. The van der Waals surface area contributed by atoms with Crippen LogP contribution in [0.15, 0.2) is 133 Å². The van der Waals surface area contributed by atoms with Gasteiger partial charge in [0, 0.05) is 22.4 Å². The molecule has 1 aromatic heterocycles. The molecule has 2 N–H and O–H groups in total. The van der Waals surface area contributed by atoms with E-state index >= 15 is 0 Å². The molecule has 0 atom stereocenters. The van der Waals surface area contributed by atoms with Crippen LogP contribution in [0.4, 0.5) is 5.69 Å². The Labute approximate surface area is 216 Å². The standard InChI is InChI=1S/C33H24N4/c34-30-19-9-18-29(22-30)33-36-31(27-16-7-14-25(20-27)23-10-3-1-4-11-23)35-32(37-33)28-17-8-15-26(21-28)24-12-5-2-6-13-24/h1-22H,34H2. The minimum Gasteiger partial charge on any atom is -0.399 e. The van der Waals surface area contributed by atoms with Gasteiger partial charge in [-0.3, -0.25) is 0 Å². The largest absolute Gasteiger partial charge is 0.399 e. The lowest BCUT2D eigenvalue weighted by Crippen LogP contribution is -2.00. The van der Waals surface area contributed by atoms with Crippen LogP contribution < -0.4 is 5.73 Å². The van der Waals surface area contributed by atoms with Gasteiger partial charge in [-0.2, -0.15) is 0 Å². The molecule has 1 heterocycles. The van der Waals surface area contributed by atoms with Crippen molar-refractivity contribution in [1.82, 2.24) is 15.0 Å². The first-order valence-corrected chi connectivity index (χ1v) is 12.2. The van der Waals surface area contributed by atoms with Crippen LogP contribution in [0.3, 0.4) is 0 Å². The summed E-state index contributed by atoms with van der Waals surface area (Å²) < 4.78 is 0. The van der Waals surface area contributed by atoms with Gasteiger partial charge < -0.3 is 5.73 Å². The van der Waals surface area contributed by atoms with E-state index in [1.54, 1.807) is 0 Å². The van der Waals surface area contributed by atoms with E-state index in [4.69, 9.17) is 20.7 Å². The van der Waals surface area contributed by atoms with Gasteiger partial charge in [-0.05, 0) is 46.5 Å². The lowest BCUT2D eigenvalue weighted by atomic mass is 10.0. The van der Waals surface area contributed by atoms with Crippen molar-refractivity contribution in [2.24, 2.45) is 0 Å². The molecule has 0 fully saturated rings. The maximum Gasteiger partial charge on any atom is 0.164 e. The maximum absolute atomic E-state index is 6.09. The fraction of sp³-hybridized carbons (Fsp3) is 0. The van der Waals surface area contributed by atoms with Crippen LogP contribution in [0.2, 0.25) is 0 Å². The van der Waals surface area contributed by atoms with Crippen molar-refractivity contribution in [1.29, 1.82) is 0 Å². The van der Waals surface area contributed by atoms with Crippen LogP contribution in [0.5, 0.6) is 0 Å². The molecule has 0 aliphatic rings. The molecule has 0 unspecified atom stereocenters. The Kier molecular flexibility index (Phi) is 5.97. The van der Waals surface area contributed by atoms with Crippen LogP contribution in [0, 0.1) is 0 Å². The average Bonchev–Trinajstić information content (AvgIpc) is 2.98. The van der Waals surface area contributed by atoms with Gasteiger partial charge in [-0.25, -0.2) is 15.0 Å². The highest BCUT2D eigenvalue weighted by Crippen LogP contribution is 2.30. The number of benzene rings is 5. The molecule has 0 bridgehead atoms. The molecule has 4 heteroatoms. The summed E-state index contributed by atoms with van der Waals surface area (Å²) in [7, 11) is 0. The molecule has 6 rings (SSSR count). The van der Waals surface area contributed by atoms with Crippen molar-refractivity contribution in [2.75, 3.05) is 5.73 Å². The van der Waals surface area contributed by atoms with Crippen molar-refractivity contribution >= 4 is 5.69 Å². The van der Waals surface area contributed by atoms with Gasteiger partial charge in [-0.1, -0.05) is 109 Å². The first kappa shape index (κ1) is 22.4. The fourth-order valence-electron chi connectivity index (χ4n) is 4.38. The highest BCUT2D eigenvalue weighted by molar-refractivity contribution is 5.75. The Hall–Kier alpha value is -5.09. The zero-order valence-corrected chi connectivity index (χ0v) is 20.1. The van der Waals surface area contributed by atoms with Gasteiger partial charge in [0.15, 0.2) is 17.5 Å². The minimum absolute atomic E-state index is 0.586. The van der Waals surface area contributed by atoms with Crippen molar-refractivity contribution in [2.45, 2.75) is 0 Å². The molecule has 0 saturated heterocycles. The smallest absolute Gasteiger partial charge is 0.164 e. The van der Waals surface area contributed by atoms with Crippen molar-refractivity contribution in [3.63, 3.8) is 0 Å². The second-order valence-electron chi connectivity index (χ2n) is 8.83. The number of rotatable bonds is 5. The molecule has 0 amide bonds. The second kappa shape index (κ2) is 9.88. The Morgan fingerprint density at radius 1 is 0.324 bits per heavy atom. The zero-order valence-electron chi connectivity index (χ0n) is 20.1. The summed E-state index contributed by atoms with van der Waals surface area (Å²) in [6.07, 6.45) is 0. The Morgan fingerprint density at radius 2 is 0.676 bits per heavy atom. The zero-order chi connectivity index (χ0) is 25.0. The molecule has 0 spiro atoms. The number of nitrogens with two attached hydrogens (primary N) is 1. The molecule has 0 aliphatic carbocycles. The topological polar surface area (TPSA) is 64.7 Å². The summed E-state index contributed by atoms with van der Waals surface area (Å²) in [5.41, 5.74) is 14.0. The van der Waals surface area contributed by atoms with E-state index in [0.29, 0.717) is 23.2 Å². The number of hydrogen-bond acceptors (Lipinski definition) is 4. The summed E-state index contributed by atoms with van der Waals surface area (Å²) in [6, 6.07) is 44.9. The molecule has 0 aliphatic heterocycles. The molecule has 0 radical (unpaired) electrons. The van der Waals surface area contributed by atoms with Gasteiger partial charge >= 0.3 is 0 Å². The number of anilines is 1. The summed E-state index contributed by atoms with van der Waals surface area (Å²) in [4.78, 5) is 14.7. The molecule has 4 nitrogen and oxygen atoms in total. The Balaban J connectivity index is 1.51. The monoisotopic (exact) mass is 476 g/mol. The lowest BCUT2D eigenvalue weighted by molar-refractivity contribution is 1.07. The molecular formula is C33H24N4. The van der Waals surface area contributed by atoms with Crippen molar-refractivity contribution in [3.05, 3.63) is 133 Å². The van der Waals surface area contributed by atoms with E-state index in [-0.39, 0.29) is 0 Å². The maximum atomic E-state index is 6.09. The van der Waals surface area contributed by atoms with Gasteiger partial charge in [-0.15, -0.1) is 0 Å². The third kappa shape index (κ3) is 4.86. The fourth-order valence-corrected chi connectivity index (χ4v) is 4.38. The first-order valence-electron chi connectivity index (χ1n) is 12.2. The summed E-state index contributed by atoms with van der Waals surface area (Å²) in [5.74, 6) is 1.82. The minimum atomic E-state index is 0.586. The predicted molar refractivity (Wildman–Crippen MR) is 151 cm³/mol. The summed E-state index contributed by atoms with van der Waals surface area (Å²) in [6.45, 7) is 0. The normalized spacial score (nSPS) is 10.8. The van der Waals surface area contributed by atoms with E-state index in [1.807, 2.05) is 84.9 Å². The first-order chi connectivity index (χ1) is 18.2. The highest BCUT2D eigenvalue weighted by Gasteiger charge is 2.14. The highest BCUT2D eigenvalue weighted by atomic mass is 15.0. The predicted octanol–water partition coefficient (Wildman–Crippen LogP) is 7.79.